The molecule has 8 nitrogen and oxygen atoms in total. The molecule has 3 unspecified atom stereocenters. The molecule has 1 aromatic rings. The molecule has 0 saturated heterocycles. The Kier molecular flexibility index (Phi) is 11.9. The number of rotatable bonds is 12. The molecule has 0 fully saturated rings. The van der Waals surface area contributed by atoms with E-state index in [2.05, 4.69) is 17.6 Å². The molecule has 0 aliphatic heterocycles. The van der Waals surface area contributed by atoms with Crippen molar-refractivity contribution in [3.8, 4) is 5.75 Å². The quantitative estimate of drug-likeness (QED) is 0.383. The number of benzene rings is 1. The second-order valence-electron chi connectivity index (χ2n) is 9.63. The van der Waals surface area contributed by atoms with Gasteiger partial charge >= 0.3 is 6.09 Å². The second kappa shape index (κ2) is 13.8. The van der Waals surface area contributed by atoms with Crippen LogP contribution in [0.4, 0.5) is 4.79 Å². The normalized spacial score (nSPS) is 14.0. The molecule has 0 aliphatic rings. The van der Waals surface area contributed by atoms with Crippen LogP contribution in [0.5, 0.6) is 5.75 Å². The van der Waals surface area contributed by atoms with E-state index in [9.17, 15) is 19.5 Å². The van der Waals surface area contributed by atoms with Gasteiger partial charge in [-0.3, -0.25) is 9.59 Å². The summed E-state index contributed by atoms with van der Waals surface area (Å²) >= 11 is 0. The number of amides is 3. The van der Waals surface area contributed by atoms with Crippen molar-refractivity contribution in [2.24, 2.45) is 5.92 Å². The van der Waals surface area contributed by atoms with E-state index in [0.29, 0.717) is 18.5 Å². The van der Waals surface area contributed by atoms with Crippen molar-refractivity contribution in [2.75, 3.05) is 13.1 Å². The van der Waals surface area contributed by atoms with Gasteiger partial charge in [-0.05, 0) is 57.7 Å². The summed E-state index contributed by atoms with van der Waals surface area (Å²) < 4.78 is 5.38. The van der Waals surface area contributed by atoms with Crippen molar-refractivity contribution in [3.05, 3.63) is 29.8 Å². The van der Waals surface area contributed by atoms with Gasteiger partial charge in [-0.2, -0.15) is 0 Å². The number of ether oxygens (including phenoxy) is 1. The molecule has 0 bridgehead atoms. The molecule has 0 radical (unpaired) electrons. The van der Waals surface area contributed by atoms with Crippen LogP contribution in [-0.2, 0) is 14.3 Å². The molecular formula is C26H43N3O5. The van der Waals surface area contributed by atoms with Gasteiger partial charge in [-0.25, -0.2) is 4.79 Å². The number of carbonyl (C=O) groups is 3. The molecule has 0 spiro atoms. The zero-order valence-corrected chi connectivity index (χ0v) is 21.8. The van der Waals surface area contributed by atoms with E-state index in [1.807, 2.05) is 13.8 Å². The molecule has 1 rings (SSSR count). The Balaban J connectivity index is 3.28. The molecule has 0 aromatic heterocycles. The first kappa shape index (κ1) is 29.3. The molecular weight excluding hydrogens is 434 g/mol. The summed E-state index contributed by atoms with van der Waals surface area (Å²) in [6.07, 6.45) is 2.85. The molecule has 3 N–H and O–H groups in total. The van der Waals surface area contributed by atoms with Crippen LogP contribution >= 0.6 is 0 Å². The number of aromatic hydroxyl groups is 1. The van der Waals surface area contributed by atoms with Gasteiger partial charge in [0.1, 0.15) is 23.4 Å². The van der Waals surface area contributed by atoms with Crippen LogP contribution in [0.2, 0.25) is 0 Å². The lowest BCUT2D eigenvalue weighted by molar-refractivity contribution is -0.143. The Morgan fingerprint density at radius 1 is 1.06 bits per heavy atom. The number of phenols is 1. The number of carbonyl (C=O) groups excluding carboxylic acids is 3. The fraction of sp³-hybridized carbons (Fsp3) is 0.654. The molecule has 3 atom stereocenters. The Bertz CT molecular complexity index is 789. The lowest BCUT2D eigenvalue weighted by atomic mass is 9.95. The molecule has 1 aromatic carbocycles. The summed E-state index contributed by atoms with van der Waals surface area (Å²) in [4.78, 5) is 41.0. The summed E-state index contributed by atoms with van der Waals surface area (Å²) in [5.41, 5.74) is -0.119. The lowest BCUT2D eigenvalue weighted by Gasteiger charge is -2.35. The van der Waals surface area contributed by atoms with Crippen LogP contribution in [-0.4, -0.2) is 52.6 Å². The Morgan fingerprint density at radius 2 is 1.68 bits per heavy atom. The first-order valence-corrected chi connectivity index (χ1v) is 12.3. The number of unbranched alkanes of at least 4 members (excludes halogenated alkanes) is 2. The average Bonchev–Trinajstić information content (AvgIpc) is 2.77. The maximum atomic E-state index is 13.8. The van der Waals surface area contributed by atoms with Crippen molar-refractivity contribution < 1.29 is 24.2 Å². The topological polar surface area (TPSA) is 108 Å². The molecule has 192 valence electrons. The van der Waals surface area contributed by atoms with Crippen molar-refractivity contribution in [1.29, 1.82) is 0 Å². The smallest absolute Gasteiger partial charge is 0.408 e. The summed E-state index contributed by atoms with van der Waals surface area (Å²) in [5, 5.41) is 15.4. The molecule has 8 heteroatoms. The summed E-state index contributed by atoms with van der Waals surface area (Å²) in [5.74, 6) is -0.756. The van der Waals surface area contributed by atoms with Crippen LogP contribution < -0.4 is 10.6 Å². The maximum Gasteiger partial charge on any atom is 0.408 e. The van der Waals surface area contributed by atoms with Crippen molar-refractivity contribution in [2.45, 2.75) is 91.8 Å². The number of phenolic OH excluding ortho intramolecular Hbond substituents is 1. The Morgan fingerprint density at radius 3 is 2.18 bits per heavy atom. The Hall–Kier alpha value is -2.77. The molecule has 0 saturated carbocycles. The van der Waals surface area contributed by atoms with E-state index in [1.54, 1.807) is 39.8 Å². The largest absolute Gasteiger partial charge is 0.508 e. The fourth-order valence-electron chi connectivity index (χ4n) is 3.57. The zero-order chi connectivity index (χ0) is 25.9. The van der Waals surface area contributed by atoms with Gasteiger partial charge in [0.2, 0.25) is 11.8 Å². The number of hydrogen-bond acceptors (Lipinski definition) is 5. The number of likely N-dealkylation sites (N-methyl/N-ethyl adjacent to an activating group) is 1. The van der Waals surface area contributed by atoms with Crippen LogP contribution in [0.25, 0.3) is 0 Å². The van der Waals surface area contributed by atoms with E-state index in [4.69, 9.17) is 4.74 Å². The van der Waals surface area contributed by atoms with Crippen molar-refractivity contribution in [1.82, 2.24) is 15.5 Å². The number of hydrogen-bond donors (Lipinski definition) is 3. The van der Waals surface area contributed by atoms with Gasteiger partial charge in [-0.15, -0.1) is 0 Å². The lowest BCUT2D eigenvalue weighted by Crippen LogP contribution is -2.55. The van der Waals surface area contributed by atoms with Crippen molar-refractivity contribution >= 4 is 17.9 Å². The van der Waals surface area contributed by atoms with E-state index >= 15 is 0 Å². The predicted molar refractivity (Wildman–Crippen MR) is 133 cm³/mol. The fourth-order valence-corrected chi connectivity index (χ4v) is 3.57. The monoisotopic (exact) mass is 477 g/mol. The highest BCUT2D eigenvalue weighted by atomic mass is 16.6. The third-order valence-electron chi connectivity index (χ3n) is 5.62. The summed E-state index contributed by atoms with van der Waals surface area (Å²) in [7, 11) is 0. The van der Waals surface area contributed by atoms with Crippen LogP contribution in [0.3, 0.4) is 0 Å². The minimum absolute atomic E-state index is 0.0734. The maximum absolute atomic E-state index is 13.8. The van der Waals surface area contributed by atoms with Gasteiger partial charge in [0.25, 0.3) is 0 Å². The van der Waals surface area contributed by atoms with Crippen molar-refractivity contribution in [3.63, 3.8) is 0 Å². The average molecular weight is 478 g/mol. The number of nitrogens with zero attached hydrogens (tertiary/aromatic N) is 1. The third kappa shape index (κ3) is 9.23. The molecule has 34 heavy (non-hydrogen) atoms. The number of nitrogens with one attached hydrogen (secondary N) is 2. The highest BCUT2D eigenvalue weighted by Gasteiger charge is 2.37. The first-order chi connectivity index (χ1) is 15.9. The molecule has 0 aliphatic carbocycles. The van der Waals surface area contributed by atoms with Gasteiger partial charge in [0, 0.05) is 13.1 Å². The summed E-state index contributed by atoms with van der Waals surface area (Å²) in [6.45, 7) is 13.8. The SMILES string of the molecule is CCCCCNC(=O)C(c1ccc(O)cc1)N(CC)C(=O)C(NC(=O)OC(C)(C)C)C(C)CC. The van der Waals surface area contributed by atoms with Gasteiger partial charge in [0.15, 0.2) is 0 Å². The van der Waals surface area contributed by atoms with Gasteiger partial charge < -0.3 is 25.4 Å². The number of alkyl carbamates (subject to hydrolysis) is 1. The minimum atomic E-state index is -0.897. The molecule has 0 heterocycles. The van der Waals surface area contributed by atoms with E-state index in [1.165, 1.54) is 17.0 Å². The highest BCUT2D eigenvalue weighted by molar-refractivity contribution is 5.92. The predicted octanol–water partition coefficient (Wildman–Crippen LogP) is 4.53. The van der Waals surface area contributed by atoms with Crippen LogP contribution in [0.15, 0.2) is 24.3 Å². The Labute approximate surface area is 204 Å². The minimum Gasteiger partial charge on any atom is -0.508 e. The third-order valence-corrected chi connectivity index (χ3v) is 5.62. The zero-order valence-electron chi connectivity index (χ0n) is 21.8. The van der Waals surface area contributed by atoms with Gasteiger partial charge in [-0.1, -0.05) is 52.2 Å². The highest BCUT2D eigenvalue weighted by Crippen LogP contribution is 2.26. The van der Waals surface area contributed by atoms with E-state index in [-0.39, 0.29) is 30.0 Å². The van der Waals surface area contributed by atoms with Crippen LogP contribution in [0.1, 0.15) is 85.8 Å². The second-order valence-corrected chi connectivity index (χ2v) is 9.63. The van der Waals surface area contributed by atoms with E-state index < -0.39 is 23.8 Å². The van der Waals surface area contributed by atoms with Crippen LogP contribution in [0, 0.1) is 5.92 Å². The standard InChI is InChI=1S/C26H43N3O5/c1-8-11-12-17-27-23(31)22(19-13-15-20(30)16-14-19)29(10-3)24(32)21(18(4)9-2)28-25(33)34-26(5,6)7/h13-16,18,21-22,30H,8-12,17H2,1-7H3,(H,27,31)(H,28,33). The van der Waals surface area contributed by atoms with Gasteiger partial charge in [0.05, 0.1) is 0 Å². The molecule has 3 amide bonds. The summed E-state index contributed by atoms with van der Waals surface area (Å²) in [6, 6.07) is 4.52. The van der Waals surface area contributed by atoms with E-state index in [0.717, 1.165) is 19.3 Å². The first-order valence-electron chi connectivity index (χ1n) is 12.3.